The minimum absolute atomic E-state index is 0.0250. The molecule has 7 nitrogen and oxygen atoms in total. The molecular formula is C22H27N5O2S. The number of nitrogens with zero attached hydrogens (tertiary/aromatic N) is 3. The number of urea groups is 1. The highest BCUT2D eigenvalue weighted by Gasteiger charge is 2.54. The van der Waals surface area contributed by atoms with E-state index in [0.29, 0.717) is 24.3 Å². The summed E-state index contributed by atoms with van der Waals surface area (Å²) < 4.78 is 0. The maximum atomic E-state index is 12.5. The molecule has 1 aromatic heterocycles. The first-order valence-corrected chi connectivity index (χ1v) is 11.6. The zero-order chi connectivity index (χ0) is 20.6. The summed E-state index contributed by atoms with van der Waals surface area (Å²) in [7, 11) is 0. The van der Waals surface area contributed by atoms with Crippen LogP contribution in [0, 0.1) is 11.3 Å². The molecule has 1 aliphatic carbocycles. The van der Waals surface area contributed by atoms with Crippen LogP contribution in [-0.4, -0.2) is 52.9 Å². The van der Waals surface area contributed by atoms with Crippen LogP contribution < -0.4 is 10.6 Å². The van der Waals surface area contributed by atoms with Gasteiger partial charge >= 0.3 is 6.03 Å². The molecule has 1 spiro atoms. The fourth-order valence-electron chi connectivity index (χ4n) is 4.86. The third-order valence-corrected chi connectivity index (χ3v) is 7.73. The second-order valence-corrected chi connectivity index (χ2v) is 9.62. The maximum Gasteiger partial charge on any atom is 0.321 e. The van der Waals surface area contributed by atoms with E-state index in [-0.39, 0.29) is 11.9 Å². The number of thiazole rings is 1. The molecule has 1 saturated carbocycles. The van der Waals surface area contributed by atoms with Crippen LogP contribution in [0.15, 0.2) is 47.4 Å². The lowest BCUT2D eigenvalue weighted by Crippen LogP contribution is -2.41. The number of aromatic nitrogens is 1. The van der Waals surface area contributed by atoms with Crippen molar-refractivity contribution >= 4 is 23.3 Å². The largest absolute Gasteiger partial charge is 0.367 e. The molecule has 2 fully saturated rings. The number of dihydropyridines is 1. The monoisotopic (exact) mass is 425 g/mol. The second-order valence-electron chi connectivity index (χ2n) is 8.64. The normalized spacial score (nSPS) is 23.5. The van der Waals surface area contributed by atoms with E-state index in [1.54, 1.807) is 22.4 Å². The Bertz CT molecular complexity index is 912. The molecule has 0 bridgehead atoms. The van der Waals surface area contributed by atoms with Crippen LogP contribution >= 0.6 is 11.3 Å². The average Bonchev–Trinajstić information content (AvgIpc) is 3.15. The van der Waals surface area contributed by atoms with Crippen LogP contribution in [0.5, 0.6) is 0 Å². The van der Waals surface area contributed by atoms with Gasteiger partial charge in [-0.05, 0) is 47.8 Å². The zero-order valence-corrected chi connectivity index (χ0v) is 17.8. The van der Waals surface area contributed by atoms with Crippen LogP contribution in [0.3, 0.4) is 0 Å². The SMILES string of the molecule is O=C(NCC1CC12CCN(C(=O)CCc1nccs1)CC2)N1C=C2C=CNC=C2C1. The predicted molar refractivity (Wildman–Crippen MR) is 115 cm³/mol. The van der Waals surface area contributed by atoms with E-state index >= 15 is 0 Å². The highest BCUT2D eigenvalue weighted by Crippen LogP contribution is 2.59. The van der Waals surface area contributed by atoms with E-state index in [4.69, 9.17) is 0 Å². The van der Waals surface area contributed by atoms with Crippen LogP contribution in [0.1, 0.15) is 30.7 Å². The summed E-state index contributed by atoms with van der Waals surface area (Å²) in [6, 6.07) is -0.0250. The molecule has 8 heteroatoms. The molecule has 1 atom stereocenters. The zero-order valence-electron chi connectivity index (χ0n) is 17.0. The number of rotatable bonds is 5. The van der Waals surface area contributed by atoms with E-state index in [0.717, 1.165) is 61.5 Å². The summed E-state index contributed by atoms with van der Waals surface area (Å²) in [4.78, 5) is 33.1. The summed E-state index contributed by atoms with van der Waals surface area (Å²) in [5.74, 6) is 0.777. The molecule has 4 heterocycles. The number of aryl methyl sites for hydroxylation is 1. The van der Waals surface area contributed by atoms with E-state index in [1.807, 2.05) is 35.0 Å². The van der Waals surface area contributed by atoms with Gasteiger partial charge in [0.15, 0.2) is 0 Å². The van der Waals surface area contributed by atoms with Gasteiger partial charge in [0.1, 0.15) is 0 Å². The van der Waals surface area contributed by atoms with Gasteiger partial charge in [0, 0.05) is 62.7 Å². The average molecular weight is 426 g/mol. The lowest BCUT2D eigenvalue weighted by molar-refractivity contribution is -0.132. The molecule has 3 amide bonds. The maximum absolute atomic E-state index is 12.5. The first-order chi connectivity index (χ1) is 14.6. The van der Waals surface area contributed by atoms with Crippen molar-refractivity contribution in [2.24, 2.45) is 11.3 Å². The van der Waals surface area contributed by atoms with Gasteiger partial charge in [-0.2, -0.15) is 0 Å². The Labute approximate surface area is 180 Å². The Hall–Kier alpha value is -2.61. The third-order valence-electron chi connectivity index (χ3n) is 6.89. The van der Waals surface area contributed by atoms with Gasteiger partial charge in [-0.15, -0.1) is 11.3 Å². The molecule has 0 radical (unpaired) electrons. The number of amides is 3. The number of piperidine rings is 1. The van der Waals surface area contributed by atoms with Crippen molar-refractivity contribution in [2.75, 3.05) is 26.2 Å². The molecule has 158 valence electrons. The van der Waals surface area contributed by atoms with E-state index in [1.165, 1.54) is 0 Å². The van der Waals surface area contributed by atoms with Crippen molar-refractivity contribution in [3.63, 3.8) is 0 Å². The summed E-state index contributed by atoms with van der Waals surface area (Å²) in [5.41, 5.74) is 2.56. The third kappa shape index (κ3) is 3.88. The molecule has 3 aliphatic heterocycles. The Morgan fingerprint density at radius 3 is 2.97 bits per heavy atom. The fraction of sp³-hybridized carbons (Fsp3) is 0.500. The van der Waals surface area contributed by atoms with Crippen molar-refractivity contribution in [2.45, 2.75) is 32.1 Å². The highest BCUT2D eigenvalue weighted by atomic mass is 32.1. The van der Waals surface area contributed by atoms with Crippen molar-refractivity contribution in [3.05, 3.63) is 52.4 Å². The highest BCUT2D eigenvalue weighted by molar-refractivity contribution is 7.09. The standard InChI is InChI=1S/C22H27N5O2S/c28-20(2-1-19-24-7-10-30-19)26-8-4-22(5-9-26)11-18(22)13-25-21(29)27-14-16-3-6-23-12-17(16)15-27/h3,6-7,10,12,14,18,23H,1-2,4-5,8-9,11,13,15H2,(H,25,29). The van der Waals surface area contributed by atoms with Gasteiger partial charge < -0.3 is 15.5 Å². The number of nitrogens with one attached hydrogen (secondary N) is 2. The molecule has 0 aromatic carbocycles. The van der Waals surface area contributed by atoms with E-state index in [2.05, 4.69) is 15.6 Å². The topological polar surface area (TPSA) is 77.6 Å². The number of allylic oxidation sites excluding steroid dienone is 1. The number of fused-ring (bicyclic) bond motifs is 1. The molecule has 4 aliphatic rings. The van der Waals surface area contributed by atoms with Crippen LogP contribution in [0.2, 0.25) is 0 Å². The Kier molecular flexibility index (Phi) is 5.10. The van der Waals surface area contributed by atoms with Crippen molar-refractivity contribution in [3.8, 4) is 0 Å². The minimum Gasteiger partial charge on any atom is -0.367 e. The van der Waals surface area contributed by atoms with Crippen LogP contribution in [0.25, 0.3) is 0 Å². The number of hydrogen-bond acceptors (Lipinski definition) is 5. The van der Waals surface area contributed by atoms with Gasteiger partial charge in [-0.25, -0.2) is 9.78 Å². The summed E-state index contributed by atoms with van der Waals surface area (Å²) in [6.45, 7) is 3.02. The first kappa shape index (κ1) is 19.4. The Morgan fingerprint density at radius 2 is 2.20 bits per heavy atom. The number of hydrogen-bond donors (Lipinski definition) is 2. The lowest BCUT2D eigenvalue weighted by atomic mass is 9.90. The number of likely N-dealkylation sites (tertiary alicyclic amines) is 1. The van der Waals surface area contributed by atoms with Gasteiger partial charge in [-0.3, -0.25) is 9.69 Å². The first-order valence-electron chi connectivity index (χ1n) is 10.7. The Morgan fingerprint density at radius 1 is 1.33 bits per heavy atom. The molecule has 1 saturated heterocycles. The molecule has 30 heavy (non-hydrogen) atoms. The van der Waals surface area contributed by atoms with Gasteiger partial charge in [-0.1, -0.05) is 0 Å². The van der Waals surface area contributed by atoms with Gasteiger partial charge in [0.05, 0.1) is 11.6 Å². The van der Waals surface area contributed by atoms with Gasteiger partial charge in [0.25, 0.3) is 0 Å². The summed E-state index contributed by atoms with van der Waals surface area (Å²) in [6.07, 6.45) is 14.1. The molecule has 1 aromatic rings. The van der Waals surface area contributed by atoms with Crippen molar-refractivity contribution in [1.82, 2.24) is 25.4 Å². The van der Waals surface area contributed by atoms with Crippen molar-refractivity contribution < 1.29 is 9.59 Å². The second kappa shape index (κ2) is 7.91. The van der Waals surface area contributed by atoms with Crippen LogP contribution in [0.4, 0.5) is 4.79 Å². The number of carbonyl (C=O) groups is 2. The number of carbonyl (C=O) groups excluding carboxylic acids is 2. The van der Waals surface area contributed by atoms with Gasteiger partial charge in [0.2, 0.25) is 5.91 Å². The molecule has 1 unspecified atom stereocenters. The molecular weight excluding hydrogens is 398 g/mol. The molecule has 2 N–H and O–H groups in total. The van der Waals surface area contributed by atoms with Crippen LogP contribution in [-0.2, 0) is 11.2 Å². The molecule has 5 rings (SSSR count). The quantitative estimate of drug-likeness (QED) is 0.760. The van der Waals surface area contributed by atoms with Crippen molar-refractivity contribution in [1.29, 1.82) is 0 Å². The Balaban J connectivity index is 1.04. The lowest BCUT2D eigenvalue weighted by Gasteiger charge is -2.33. The summed E-state index contributed by atoms with van der Waals surface area (Å²) in [5, 5.41) is 9.18. The minimum atomic E-state index is -0.0250. The van der Waals surface area contributed by atoms with E-state index < -0.39 is 0 Å². The van der Waals surface area contributed by atoms with E-state index in [9.17, 15) is 9.59 Å². The fourth-order valence-corrected chi connectivity index (χ4v) is 5.48. The summed E-state index contributed by atoms with van der Waals surface area (Å²) >= 11 is 1.61. The predicted octanol–water partition coefficient (Wildman–Crippen LogP) is 2.61. The smallest absolute Gasteiger partial charge is 0.321 e.